The van der Waals surface area contributed by atoms with E-state index in [9.17, 15) is 14.4 Å². The number of fused-ring (bicyclic) bond motifs is 3. The van der Waals surface area contributed by atoms with E-state index in [0.717, 1.165) is 10.8 Å². The lowest BCUT2D eigenvalue weighted by atomic mass is 9.74. The van der Waals surface area contributed by atoms with E-state index in [1.54, 1.807) is 49.3 Å². The second-order valence-corrected chi connectivity index (χ2v) is 10.3. The van der Waals surface area contributed by atoms with E-state index in [2.05, 4.69) is 25.6 Å². The Balaban J connectivity index is 1.36. The van der Waals surface area contributed by atoms with E-state index in [1.165, 1.54) is 4.57 Å². The number of aromatic nitrogens is 5. The Morgan fingerprint density at radius 3 is 2.83 bits per heavy atom. The van der Waals surface area contributed by atoms with Crippen LogP contribution in [0.15, 0.2) is 64.4 Å². The van der Waals surface area contributed by atoms with Gasteiger partial charge in [0.15, 0.2) is 11.2 Å². The van der Waals surface area contributed by atoms with Gasteiger partial charge in [0.1, 0.15) is 11.6 Å². The van der Waals surface area contributed by atoms with E-state index in [1.807, 2.05) is 24.3 Å². The molecule has 12 heteroatoms. The maximum absolute atomic E-state index is 14.2. The summed E-state index contributed by atoms with van der Waals surface area (Å²) in [6.07, 6.45) is 3.79. The molecule has 0 fully saturated rings. The molecule has 0 bridgehead atoms. The van der Waals surface area contributed by atoms with Crippen molar-refractivity contribution in [3.63, 3.8) is 0 Å². The van der Waals surface area contributed by atoms with Crippen molar-refractivity contribution in [1.29, 1.82) is 0 Å². The number of hydrogen-bond acceptors (Lipinski definition) is 7. The SMILES string of the molecule is Cn1c(CNCC2(C(=O)Nc3cncc4ccccc34)CCOc3ccc(Cl)cc32)nc2c1c(=O)[nH]c(=O)n2C. The van der Waals surface area contributed by atoms with Crippen molar-refractivity contribution < 1.29 is 9.53 Å². The first-order chi connectivity index (χ1) is 19.3. The molecule has 0 saturated heterocycles. The topological polar surface area (TPSA) is 136 Å². The van der Waals surface area contributed by atoms with Gasteiger partial charge in [-0.15, -0.1) is 0 Å². The fourth-order valence-electron chi connectivity index (χ4n) is 5.33. The van der Waals surface area contributed by atoms with Crippen molar-refractivity contribution in [3.05, 3.63) is 92.1 Å². The fourth-order valence-corrected chi connectivity index (χ4v) is 5.50. The summed E-state index contributed by atoms with van der Waals surface area (Å²) in [5, 5.41) is 8.77. The van der Waals surface area contributed by atoms with Crippen LogP contribution in [0.1, 0.15) is 17.8 Å². The predicted octanol–water partition coefficient (Wildman–Crippen LogP) is 2.61. The number of rotatable bonds is 6. The number of nitrogens with zero attached hydrogens (tertiary/aromatic N) is 4. The molecular formula is C28H26ClN7O4. The standard InChI is InChI=1S/C28H26ClN7O4/c1-35-22(33-24-23(35)25(37)34-27(39)36(24)2)14-31-15-28(9-10-40-21-8-7-17(29)11-19(21)28)26(38)32-20-13-30-12-16-5-3-4-6-18(16)20/h3-8,11-13,31H,9-10,14-15H2,1-2H3,(H,32,38)(H,34,37,39). The number of ether oxygens (including phenoxy) is 1. The molecule has 1 aliphatic heterocycles. The highest BCUT2D eigenvalue weighted by molar-refractivity contribution is 6.30. The first-order valence-corrected chi connectivity index (χ1v) is 13.1. The molecule has 6 rings (SSSR count). The van der Waals surface area contributed by atoms with E-state index in [4.69, 9.17) is 16.3 Å². The van der Waals surface area contributed by atoms with Crippen LogP contribution in [0.3, 0.4) is 0 Å². The zero-order valence-corrected chi connectivity index (χ0v) is 22.6. The number of amides is 1. The van der Waals surface area contributed by atoms with Gasteiger partial charge in [-0.25, -0.2) is 9.78 Å². The summed E-state index contributed by atoms with van der Waals surface area (Å²) in [5.74, 6) is 0.899. The third-order valence-electron chi connectivity index (χ3n) is 7.53. The van der Waals surface area contributed by atoms with E-state index >= 15 is 0 Å². The normalized spacial score (nSPS) is 16.6. The summed E-state index contributed by atoms with van der Waals surface area (Å²) >= 11 is 6.39. The van der Waals surface area contributed by atoms with Crippen molar-refractivity contribution in [3.8, 4) is 5.75 Å². The van der Waals surface area contributed by atoms with Crippen molar-refractivity contribution >= 4 is 45.1 Å². The van der Waals surface area contributed by atoms with Gasteiger partial charge in [-0.05, 0) is 18.2 Å². The molecule has 0 aliphatic carbocycles. The number of aryl methyl sites for hydroxylation is 2. The summed E-state index contributed by atoms with van der Waals surface area (Å²) in [4.78, 5) is 49.9. The van der Waals surface area contributed by atoms with Crippen LogP contribution in [0.5, 0.6) is 5.75 Å². The van der Waals surface area contributed by atoms with Gasteiger partial charge in [0.2, 0.25) is 5.91 Å². The van der Waals surface area contributed by atoms with Crippen LogP contribution >= 0.6 is 11.6 Å². The van der Waals surface area contributed by atoms with Crippen LogP contribution < -0.4 is 26.6 Å². The summed E-state index contributed by atoms with van der Waals surface area (Å²) < 4.78 is 8.84. The average molecular weight is 560 g/mol. The Kier molecular flexibility index (Phi) is 6.40. The molecule has 4 heterocycles. The first-order valence-electron chi connectivity index (χ1n) is 12.7. The number of hydrogen-bond donors (Lipinski definition) is 3. The maximum atomic E-state index is 14.2. The molecule has 3 N–H and O–H groups in total. The summed E-state index contributed by atoms with van der Waals surface area (Å²) in [5.41, 5.74) is -0.229. The van der Waals surface area contributed by atoms with E-state index in [-0.39, 0.29) is 30.2 Å². The minimum Gasteiger partial charge on any atom is -0.493 e. The number of H-pyrrole nitrogens is 1. The van der Waals surface area contributed by atoms with Gasteiger partial charge in [-0.3, -0.25) is 24.1 Å². The quantitative estimate of drug-likeness (QED) is 0.291. The highest BCUT2D eigenvalue weighted by Crippen LogP contribution is 2.41. The number of carbonyl (C=O) groups excluding carboxylic acids is 1. The monoisotopic (exact) mass is 559 g/mol. The van der Waals surface area contributed by atoms with Gasteiger partial charge in [-0.1, -0.05) is 35.9 Å². The van der Waals surface area contributed by atoms with Crippen LogP contribution in [0.4, 0.5) is 5.69 Å². The molecular weight excluding hydrogens is 534 g/mol. The highest BCUT2D eigenvalue weighted by Gasteiger charge is 2.45. The number of pyridine rings is 1. The van der Waals surface area contributed by atoms with Crippen LogP contribution in [0.2, 0.25) is 5.02 Å². The number of benzene rings is 2. The van der Waals surface area contributed by atoms with Crippen molar-refractivity contribution in [1.82, 2.24) is 29.4 Å². The lowest BCUT2D eigenvalue weighted by Crippen LogP contribution is -2.50. The summed E-state index contributed by atoms with van der Waals surface area (Å²) in [6, 6.07) is 13.0. The Morgan fingerprint density at radius 1 is 1.15 bits per heavy atom. The highest BCUT2D eigenvalue weighted by atomic mass is 35.5. The minimum atomic E-state index is -1.04. The summed E-state index contributed by atoms with van der Waals surface area (Å²) in [6.45, 7) is 0.800. The van der Waals surface area contributed by atoms with Gasteiger partial charge < -0.3 is 19.9 Å². The second kappa shape index (κ2) is 9.92. The Hall–Kier alpha value is -4.48. The molecule has 0 spiro atoms. The van der Waals surface area contributed by atoms with Crippen molar-refractivity contribution in [2.24, 2.45) is 14.1 Å². The zero-order valence-electron chi connectivity index (χ0n) is 21.8. The number of carbonyl (C=O) groups is 1. The summed E-state index contributed by atoms with van der Waals surface area (Å²) in [7, 11) is 3.26. The van der Waals surface area contributed by atoms with E-state index in [0.29, 0.717) is 40.9 Å². The van der Waals surface area contributed by atoms with E-state index < -0.39 is 16.7 Å². The molecule has 1 aliphatic rings. The number of imidazole rings is 1. The average Bonchev–Trinajstić information content (AvgIpc) is 3.28. The minimum absolute atomic E-state index is 0.228. The molecule has 11 nitrogen and oxygen atoms in total. The van der Waals surface area contributed by atoms with Crippen LogP contribution in [0, 0.1) is 0 Å². The molecule has 2 aromatic carbocycles. The second-order valence-electron chi connectivity index (χ2n) is 9.86. The lowest BCUT2D eigenvalue weighted by Gasteiger charge is -2.38. The Bertz CT molecular complexity index is 1910. The Labute approximate surface area is 232 Å². The lowest BCUT2D eigenvalue weighted by molar-refractivity contribution is -0.122. The predicted molar refractivity (Wildman–Crippen MR) is 152 cm³/mol. The Morgan fingerprint density at radius 2 is 1.98 bits per heavy atom. The fraction of sp³-hybridized carbons (Fsp3) is 0.250. The third-order valence-corrected chi connectivity index (χ3v) is 7.77. The van der Waals surface area contributed by atoms with Crippen molar-refractivity contribution in [2.45, 2.75) is 18.4 Å². The first kappa shape index (κ1) is 25.8. The van der Waals surface area contributed by atoms with Gasteiger partial charge >= 0.3 is 5.69 Å². The number of anilines is 1. The molecule has 40 heavy (non-hydrogen) atoms. The van der Waals surface area contributed by atoms with Gasteiger partial charge in [-0.2, -0.15) is 0 Å². The largest absolute Gasteiger partial charge is 0.493 e. The molecule has 5 aromatic rings. The molecule has 3 aromatic heterocycles. The molecule has 1 amide bonds. The third kappa shape index (κ3) is 4.23. The molecule has 1 unspecified atom stereocenters. The number of halogens is 1. The number of nitrogens with one attached hydrogen (secondary N) is 3. The molecule has 0 radical (unpaired) electrons. The van der Waals surface area contributed by atoms with Crippen LogP contribution in [-0.2, 0) is 30.8 Å². The van der Waals surface area contributed by atoms with Crippen LogP contribution in [0.25, 0.3) is 21.9 Å². The van der Waals surface area contributed by atoms with Gasteiger partial charge in [0.25, 0.3) is 5.56 Å². The smallest absolute Gasteiger partial charge is 0.329 e. The zero-order chi connectivity index (χ0) is 28.0. The van der Waals surface area contributed by atoms with Crippen LogP contribution in [-0.4, -0.2) is 43.1 Å². The van der Waals surface area contributed by atoms with Gasteiger partial charge in [0, 0.05) is 54.6 Å². The van der Waals surface area contributed by atoms with Gasteiger partial charge in [0.05, 0.1) is 30.5 Å². The molecule has 1 atom stereocenters. The number of aromatic amines is 1. The maximum Gasteiger partial charge on any atom is 0.329 e. The molecule has 0 saturated carbocycles. The van der Waals surface area contributed by atoms with Crippen molar-refractivity contribution in [2.75, 3.05) is 18.5 Å². The molecule has 204 valence electrons.